The third-order valence-electron chi connectivity index (χ3n) is 6.03. The summed E-state index contributed by atoms with van der Waals surface area (Å²) in [5.74, 6) is 0.917. The minimum Gasteiger partial charge on any atom is -0.365 e. The predicted octanol–water partition coefficient (Wildman–Crippen LogP) is 5.02. The Morgan fingerprint density at radius 2 is 1.65 bits per heavy atom. The molecule has 5 rings (SSSR count). The summed E-state index contributed by atoms with van der Waals surface area (Å²) in [5.41, 5.74) is 6.20. The highest BCUT2D eigenvalue weighted by Gasteiger charge is 2.24. The van der Waals surface area contributed by atoms with Crippen molar-refractivity contribution >= 4 is 23.4 Å². The fourth-order valence-corrected chi connectivity index (χ4v) is 4.11. The van der Waals surface area contributed by atoms with E-state index in [1.165, 1.54) is 11.1 Å². The fourth-order valence-electron chi connectivity index (χ4n) is 4.11. The van der Waals surface area contributed by atoms with Crippen molar-refractivity contribution in [2.24, 2.45) is 0 Å². The summed E-state index contributed by atoms with van der Waals surface area (Å²) in [6, 6.07) is 26.5. The average Bonchev–Trinajstić information content (AvgIpc) is 3.32. The monoisotopic (exact) mass is 449 g/mol. The zero-order valence-electron chi connectivity index (χ0n) is 19.2. The maximum atomic E-state index is 13.1. The van der Waals surface area contributed by atoms with E-state index >= 15 is 0 Å². The van der Waals surface area contributed by atoms with E-state index in [4.69, 9.17) is 4.98 Å². The number of nitrogens with zero attached hydrogens (tertiary/aromatic N) is 3. The maximum Gasteiger partial charge on any atom is 0.256 e. The molecule has 0 saturated heterocycles. The second-order valence-corrected chi connectivity index (χ2v) is 8.47. The van der Waals surface area contributed by atoms with Crippen molar-refractivity contribution in [3.8, 4) is 0 Å². The smallest absolute Gasteiger partial charge is 0.256 e. The topological polar surface area (TPSA) is 70.2 Å². The number of para-hydroxylation sites is 1. The maximum absolute atomic E-state index is 13.1. The van der Waals surface area contributed by atoms with Crippen molar-refractivity contribution in [3.05, 3.63) is 113 Å². The molecule has 0 radical (unpaired) electrons. The van der Waals surface area contributed by atoms with E-state index < -0.39 is 0 Å². The van der Waals surface area contributed by atoms with Gasteiger partial charge in [-0.2, -0.15) is 4.98 Å². The van der Waals surface area contributed by atoms with Crippen LogP contribution in [-0.2, 0) is 19.5 Å². The first-order chi connectivity index (χ1) is 16.7. The van der Waals surface area contributed by atoms with Gasteiger partial charge in [0.05, 0.1) is 0 Å². The van der Waals surface area contributed by atoms with Gasteiger partial charge in [-0.25, -0.2) is 4.98 Å². The molecule has 1 aliphatic heterocycles. The molecule has 0 aliphatic carbocycles. The van der Waals surface area contributed by atoms with E-state index in [1.54, 1.807) is 6.20 Å². The Morgan fingerprint density at radius 1 is 0.912 bits per heavy atom. The first kappa shape index (κ1) is 21.6. The summed E-state index contributed by atoms with van der Waals surface area (Å²) in [5, 5.41) is 6.37. The highest BCUT2D eigenvalue weighted by atomic mass is 16.1. The van der Waals surface area contributed by atoms with E-state index in [1.807, 2.05) is 36.4 Å². The SMILES string of the molecule is Cc1ccc(CNc2nc(N3CCc4ccccc43)ncc2C(=O)NCc2ccccc2)cc1. The van der Waals surface area contributed by atoms with Crippen molar-refractivity contribution in [2.75, 3.05) is 16.8 Å². The first-order valence-electron chi connectivity index (χ1n) is 11.5. The highest BCUT2D eigenvalue weighted by molar-refractivity contribution is 5.98. The van der Waals surface area contributed by atoms with Crippen LogP contribution in [0.15, 0.2) is 85.1 Å². The zero-order chi connectivity index (χ0) is 23.3. The molecule has 2 heterocycles. The van der Waals surface area contributed by atoms with Crippen LogP contribution in [0.3, 0.4) is 0 Å². The lowest BCUT2D eigenvalue weighted by molar-refractivity contribution is 0.0951. The third-order valence-corrected chi connectivity index (χ3v) is 6.03. The van der Waals surface area contributed by atoms with Crippen molar-refractivity contribution in [1.82, 2.24) is 15.3 Å². The van der Waals surface area contributed by atoms with Crippen LogP contribution in [0.4, 0.5) is 17.5 Å². The number of carbonyl (C=O) groups is 1. The van der Waals surface area contributed by atoms with Crippen molar-refractivity contribution in [2.45, 2.75) is 26.4 Å². The van der Waals surface area contributed by atoms with Crippen LogP contribution < -0.4 is 15.5 Å². The Labute approximate surface area is 199 Å². The lowest BCUT2D eigenvalue weighted by Gasteiger charge is -2.19. The highest BCUT2D eigenvalue weighted by Crippen LogP contribution is 2.33. The second-order valence-electron chi connectivity index (χ2n) is 8.47. The zero-order valence-corrected chi connectivity index (χ0v) is 19.2. The minimum absolute atomic E-state index is 0.205. The number of aryl methyl sites for hydroxylation is 1. The molecule has 0 unspecified atom stereocenters. The molecule has 2 N–H and O–H groups in total. The summed E-state index contributed by atoms with van der Waals surface area (Å²) in [7, 11) is 0. The minimum atomic E-state index is -0.205. The van der Waals surface area contributed by atoms with Gasteiger partial charge in [0.1, 0.15) is 11.4 Å². The molecule has 1 aliphatic rings. The third kappa shape index (κ3) is 4.76. The molecule has 6 heteroatoms. The molecular formula is C28H27N5O. The molecular weight excluding hydrogens is 422 g/mol. The van der Waals surface area contributed by atoms with Gasteiger partial charge in [0, 0.05) is 31.5 Å². The van der Waals surface area contributed by atoms with E-state index in [9.17, 15) is 4.79 Å². The Morgan fingerprint density at radius 3 is 2.47 bits per heavy atom. The Balaban J connectivity index is 1.41. The number of aromatic nitrogens is 2. The summed E-state index contributed by atoms with van der Waals surface area (Å²) in [6.07, 6.45) is 2.58. The van der Waals surface area contributed by atoms with Gasteiger partial charge in [0.2, 0.25) is 5.95 Å². The van der Waals surface area contributed by atoms with E-state index in [0.717, 1.165) is 29.8 Å². The number of rotatable bonds is 7. The molecule has 0 fully saturated rings. The molecule has 6 nitrogen and oxygen atoms in total. The normalized spacial score (nSPS) is 12.3. The molecule has 3 aromatic carbocycles. The van der Waals surface area contributed by atoms with Gasteiger partial charge in [0.25, 0.3) is 5.91 Å². The van der Waals surface area contributed by atoms with Gasteiger partial charge in [-0.3, -0.25) is 4.79 Å². The van der Waals surface area contributed by atoms with Crippen molar-refractivity contribution in [1.29, 1.82) is 0 Å². The van der Waals surface area contributed by atoms with Crippen LogP contribution >= 0.6 is 0 Å². The fraction of sp³-hybridized carbons (Fsp3) is 0.179. The van der Waals surface area contributed by atoms with Crippen LogP contribution in [0, 0.1) is 6.92 Å². The van der Waals surface area contributed by atoms with Gasteiger partial charge in [-0.05, 0) is 36.1 Å². The summed E-state index contributed by atoms with van der Waals surface area (Å²) >= 11 is 0. The number of nitrogens with one attached hydrogen (secondary N) is 2. The summed E-state index contributed by atoms with van der Waals surface area (Å²) in [6.45, 7) is 3.89. The van der Waals surface area contributed by atoms with Crippen LogP contribution in [0.5, 0.6) is 0 Å². The van der Waals surface area contributed by atoms with Crippen molar-refractivity contribution < 1.29 is 4.79 Å². The van der Waals surface area contributed by atoms with Crippen LogP contribution in [-0.4, -0.2) is 22.4 Å². The molecule has 34 heavy (non-hydrogen) atoms. The largest absolute Gasteiger partial charge is 0.365 e. The number of fused-ring (bicyclic) bond motifs is 1. The first-order valence-corrected chi connectivity index (χ1v) is 11.5. The lowest BCUT2D eigenvalue weighted by atomic mass is 10.1. The number of hydrogen-bond donors (Lipinski definition) is 2. The van der Waals surface area contributed by atoms with Gasteiger partial charge in [-0.1, -0.05) is 78.4 Å². The number of hydrogen-bond acceptors (Lipinski definition) is 5. The molecule has 1 amide bonds. The van der Waals surface area contributed by atoms with E-state index in [-0.39, 0.29) is 5.91 Å². The standard InChI is InChI=1S/C28H27N5O/c1-20-11-13-22(14-12-20)17-29-26-24(27(34)30-18-21-7-3-2-4-8-21)19-31-28(32-26)33-16-15-23-9-5-6-10-25(23)33/h2-14,19H,15-18H2,1H3,(H,30,34)(H,29,31,32). The Bertz CT molecular complexity index is 1290. The molecule has 0 bridgehead atoms. The molecule has 170 valence electrons. The quantitative estimate of drug-likeness (QED) is 0.415. The average molecular weight is 450 g/mol. The lowest BCUT2D eigenvalue weighted by Crippen LogP contribution is -2.25. The predicted molar refractivity (Wildman–Crippen MR) is 135 cm³/mol. The van der Waals surface area contributed by atoms with Gasteiger partial charge >= 0.3 is 0 Å². The molecule has 1 aromatic heterocycles. The molecule has 0 saturated carbocycles. The Kier molecular flexibility index (Phi) is 6.21. The second kappa shape index (κ2) is 9.75. The summed E-state index contributed by atoms with van der Waals surface area (Å²) in [4.78, 5) is 24.6. The van der Waals surface area contributed by atoms with E-state index in [2.05, 4.69) is 69.9 Å². The number of amides is 1. The Hall–Kier alpha value is -4.19. The number of anilines is 3. The number of benzene rings is 3. The van der Waals surface area contributed by atoms with Crippen LogP contribution in [0.25, 0.3) is 0 Å². The molecule has 0 atom stereocenters. The summed E-state index contributed by atoms with van der Waals surface area (Å²) < 4.78 is 0. The van der Waals surface area contributed by atoms with Crippen molar-refractivity contribution in [3.63, 3.8) is 0 Å². The molecule has 4 aromatic rings. The van der Waals surface area contributed by atoms with Gasteiger partial charge < -0.3 is 15.5 Å². The number of carbonyl (C=O) groups excluding carboxylic acids is 1. The van der Waals surface area contributed by atoms with Gasteiger partial charge in [0.15, 0.2) is 0 Å². The van der Waals surface area contributed by atoms with Crippen LogP contribution in [0.1, 0.15) is 32.6 Å². The van der Waals surface area contributed by atoms with E-state index in [0.29, 0.717) is 30.4 Å². The van der Waals surface area contributed by atoms with Crippen LogP contribution in [0.2, 0.25) is 0 Å². The molecule has 0 spiro atoms. The van der Waals surface area contributed by atoms with Gasteiger partial charge in [-0.15, -0.1) is 0 Å².